The molecule has 5 heterocycles. The number of aromatic nitrogens is 3. The van der Waals surface area contributed by atoms with Crippen LogP contribution in [0.4, 0.5) is 0 Å². The van der Waals surface area contributed by atoms with Crippen molar-refractivity contribution >= 4 is 44.3 Å². The monoisotopic (exact) mass is 651 g/mol. The van der Waals surface area contributed by atoms with Crippen molar-refractivity contribution < 1.29 is 14.7 Å². The number of benzene rings is 1. The van der Waals surface area contributed by atoms with E-state index in [0.29, 0.717) is 16.8 Å². The predicted molar refractivity (Wildman–Crippen MR) is 190 cm³/mol. The minimum Gasteiger partial charge on any atom is -0.477 e. The summed E-state index contributed by atoms with van der Waals surface area (Å²) in [4.78, 5) is 36.2. The Morgan fingerprint density at radius 2 is 1.74 bits per heavy atom. The minimum atomic E-state index is -0.912. The van der Waals surface area contributed by atoms with Gasteiger partial charge >= 0.3 is 5.97 Å². The number of thiophene rings is 1. The molecule has 0 spiro atoms. The maximum Gasteiger partial charge on any atom is 0.345 e. The molecule has 0 bridgehead atoms. The molecule has 0 unspecified atom stereocenters. The van der Waals surface area contributed by atoms with Crippen LogP contribution in [-0.4, -0.2) is 73.1 Å². The van der Waals surface area contributed by atoms with Crippen molar-refractivity contribution in [1.82, 2.24) is 23.9 Å². The Balaban J connectivity index is 1.31. The van der Waals surface area contributed by atoms with Crippen LogP contribution in [-0.2, 0) is 18.4 Å². The molecule has 0 radical (unpaired) electrons. The number of carbonyl (C=O) groups is 2. The molecule has 1 amide bonds. The number of hydrogen-bond donors (Lipinski definition) is 1. The molecule has 0 atom stereocenters. The van der Waals surface area contributed by atoms with E-state index in [2.05, 4.69) is 64.3 Å². The van der Waals surface area contributed by atoms with Gasteiger partial charge in [-0.1, -0.05) is 45.2 Å². The highest BCUT2D eigenvalue weighted by atomic mass is 32.1. The summed E-state index contributed by atoms with van der Waals surface area (Å²) in [5, 5.41) is 11.1. The van der Waals surface area contributed by atoms with Gasteiger partial charge < -0.3 is 24.0 Å². The molecule has 2 aliphatic rings. The number of fused-ring (bicyclic) bond motifs is 2. The van der Waals surface area contributed by atoms with Gasteiger partial charge in [0.1, 0.15) is 11.4 Å². The fourth-order valence-corrected chi connectivity index (χ4v) is 9.22. The van der Waals surface area contributed by atoms with Crippen molar-refractivity contribution in [1.29, 1.82) is 0 Å². The summed E-state index contributed by atoms with van der Waals surface area (Å²) < 4.78 is 5.25. The molecule has 1 N–H and O–H groups in total. The van der Waals surface area contributed by atoms with Crippen molar-refractivity contribution in [2.24, 2.45) is 7.05 Å². The lowest BCUT2D eigenvalue weighted by molar-refractivity contribution is -0.133. The summed E-state index contributed by atoms with van der Waals surface area (Å²) in [6.45, 7) is 8.19. The lowest BCUT2D eigenvalue weighted by atomic mass is 9.83. The van der Waals surface area contributed by atoms with E-state index in [9.17, 15) is 14.7 Å². The van der Waals surface area contributed by atoms with Crippen LogP contribution in [0.1, 0.15) is 79.9 Å². The van der Waals surface area contributed by atoms with Crippen molar-refractivity contribution in [2.45, 2.75) is 77.3 Å². The zero-order chi connectivity index (χ0) is 32.7. The molecule has 1 aliphatic heterocycles. The number of aryl methyl sites for hydroxylation is 1. The van der Waals surface area contributed by atoms with Gasteiger partial charge in [-0.3, -0.25) is 4.79 Å². The van der Waals surface area contributed by atoms with Gasteiger partial charge in [0.2, 0.25) is 5.91 Å². The summed E-state index contributed by atoms with van der Waals surface area (Å²) in [7, 11) is 2.03. The van der Waals surface area contributed by atoms with Crippen molar-refractivity contribution in [3.05, 3.63) is 65.2 Å². The van der Waals surface area contributed by atoms with E-state index in [1.54, 1.807) is 6.07 Å². The summed E-state index contributed by atoms with van der Waals surface area (Å²) in [6, 6.07) is 17.1. The summed E-state index contributed by atoms with van der Waals surface area (Å²) >= 11 is 1.37. The maximum absolute atomic E-state index is 14.1. The van der Waals surface area contributed by atoms with Crippen molar-refractivity contribution in [2.75, 3.05) is 26.2 Å². The molecule has 5 aromatic rings. The van der Waals surface area contributed by atoms with Gasteiger partial charge in [0.05, 0.1) is 32.8 Å². The van der Waals surface area contributed by atoms with Crippen LogP contribution in [0.2, 0.25) is 0 Å². The molecule has 1 aliphatic carbocycles. The normalized spacial score (nSPS) is 16.6. The molecular formula is C38H45N5O3S. The molecular weight excluding hydrogens is 607 g/mol. The lowest BCUT2D eigenvalue weighted by Gasteiger charge is -2.37. The number of hydrogen-bond acceptors (Lipinski definition) is 5. The highest BCUT2D eigenvalue weighted by Crippen LogP contribution is 2.47. The number of likely N-dealkylation sites (tertiary alicyclic amines) is 1. The van der Waals surface area contributed by atoms with Crippen LogP contribution >= 0.6 is 11.3 Å². The average molecular weight is 652 g/mol. The Bertz CT molecular complexity index is 1920. The molecule has 7 rings (SSSR count). The smallest absolute Gasteiger partial charge is 0.345 e. The third-order valence-corrected chi connectivity index (χ3v) is 11.8. The van der Waals surface area contributed by atoms with Crippen molar-refractivity contribution in [3.8, 4) is 22.6 Å². The first-order chi connectivity index (χ1) is 22.9. The summed E-state index contributed by atoms with van der Waals surface area (Å²) in [5.74, 6) is -0.477. The number of aromatic carboxylic acids is 1. The molecule has 4 aromatic heterocycles. The molecule has 1 aromatic carbocycles. The summed E-state index contributed by atoms with van der Waals surface area (Å²) in [6.07, 6.45) is 9.71. The number of piperidine rings is 1. The molecule has 9 heteroatoms. The topological polar surface area (TPSA) is 83.6 Å². The molecule has 246 valence electrons. The van der Waals surface area contributed by atoms with Gasteiger partial charge in [-0.25, -0.2) is 9.78 Å². The highest BCUT2D eigenvalue weighted by molar-refractivity contribution is 7.21. The lowest BCUT2D eigenvalue weighted by Crippen LogP contribution is -2.47. The second kappa shape index (κ2) is 13.3. The van der Waals surface area contributed by atoms with E-state index in [1.165, 1.54) is 23.3 Å². The standard InChI is InChI=1S/C38H45N5O3S/c1-4-41(5-2)28-17-20-42(21-18-28)34(44)24-43-32-23-33(38(45)46)47-37(32)35(25-10-7-6-8-11-25)36(43)27-14-15-29-26(22-27)13-16-30(39-29)31-12-9-19-40(31)3/h9,12-16,19,22-23,25,28H,4-8,10-11,17-18,20-21,24H2,1-3H3,(H,45,46). The number of rotatable bonds is 9. The molecule has 2 fully saturated rings. The van der Waals surface area contributed by atoms with Crippen LogP contribution in [0.5, 0.6) is 0 Å². The number of pyridine rings is 1. The SMILES string of the molecule is CCN(CC)C1CCN(C(=O)Cn2c(-c3ccc4nc(-c5cccn5C)ccc4c3)c(C3CCCCC3)c3sc(C(=O)O)cc32)CC1. The van der Waals surface area contributed by atoms with Gasteiger partial charge in [-0.05, 0) is 92.2 Å². The first-order valence-corrected chi connectivity index (χ1v) is 18.1. The maximum atomic E-state index is 14.1. The van der Waals surface area contributed by atoms with E-state index in [-0.39, 0.29) is 12.5 Å². The Hall–Kier alpha value is -3.95. The fraction of sp³-hybridized carbons (Fsp3) is 0.447. The van der Waals surface area contributed by atoms with Gasteiger partial charge in [-0.2, -0.15) is 0 Å². The Morgan fingerprint density at radius 3 is 2.43 bits per heavy atom. The zero-order valence-corrected chi connectivity index (χ0v) is 28.6. The van der Waals surface area contributed by atoms with Crippen LogP contribution in [0.3, 0.4) is 0 Å². The number of amides is 1. The van der Waals surface area contributed by atoms with Crippen LogP contribution in [0.15, 0.2) is 54.7 Å². The molecule has 47 heavy (non-hydrogen) atoms. The number of carboxylic acids is 1. The van der Waals surface area contributed by atoms with Gasteiger partial charge in [0.25, 0.3) is 0 Å². The van der Waals surface area contributed by atoms with E-state index in [4.69, 9.17) is 4.98 Å². The van der Waals surface area contributed by atoms with E-state index < -0.39 is 5.97 Å². The van der Waals surface area contributed by atoms with Gasteiger partial charge in [-0.15, -0.1) is 11.3 Å². The van der Waals surface area contributed by atoms with Crippen LogP contribution in [0.25, 0.3) is 43.8 Å². The Labute approximate surface area is 280 Å². The zero-order valence-electron chi connectivity index (χ0n) is 27.7. The second-order valence-electron chi connectivity index (χ2n) is 13.3. The van der Waals surface area contributed by atoms with Gasteiger partial charge in [0.15, 0.2) is 0 Å². The molecule has 1 saturated heterocycles. The molecule has 8 nitrogen and oxygen atoms in total. The largest absolute Gasteiger partial charge is 0.477 e. The number of carbonyl (C=O) groups excluding carboxylic acids is 1. The first kappa shape index (κ1) is 31.6. The molecule has 1 saturated carbocycles. The summed E-state index contributed by atoms with van der Waals surface area (Å²) in [5.41, 5.74) is 7.13. The average Bonchev–Trinajstić information content (AvgIpc) is 3.80. The van der Waals surface area contributed by atoms with Gasteiger partial charge in [0, 0.05) is 37.8 Å². The Morgan fingerprint density at radius 1 is 0.979 bits per heavy atom. The first-order valence-electron chi connectivity index (χ1n) is 17.3. The number of nitrogens with zero attached hydrogens (tertiary/aromatic N) is 5. The quantitative estimate of drug-likeness (QED) is 0.175. The predicted octanol–water partition coefficient (Wildman–Crippen LogP) is 8.00. The van der Waals surface area contributed by atoms with Crippen LogP contribution in [0, 0.1) is 0 Å². The Kier molecular flexibility index (Phi) is 8.94. The van der Waals surface area contributed by atoms with E-state index in [0.717, 1.165) is 108 Å². The minimum absolute atomic E-state index is 0.106. The fourth-order valence-electron chi connectivity index (χ4n) is 8.10. The third kappa shape index (κ3) is 6.00. The van der Waals surface area contributed by atoms with E-state index >= 15 is 0 Å². The van der Waals surface area contributed by atoms with Crippen LogP contribution < -0.4 is 0 Å². The highest BCUT2D eigenvalue weighted by Gasteiger charge is 2.32. The van der Waals surface area contributed by atoms with Crippen molar-refractivity contribution in [3.63, 3.8) is 0 Å². The second-order valence-corrected chi connectivity index (χ2v) is 14.3. The van der Waals surface area contributed by atoms with E-state index in [1.807, 2.05) is 24.2 Å². The number of carboxylic acid groups (broad SMARTS) is 1. The third-order valence-electron chi connectivity index (χ3n) is 10.6.